The first kappa shape index (κ1) is 14.0. The minimum Gasteiger partial charge on any atom is -0.728 e. The average Bonchev–Trinajstić information content (AvgIpc) is 2.01. The molecule has 0 unspecified atom stereocenters. The topological polar surface area (TPSA) is 81.9 Å². The maximum Gasteiger partial charge on any atom is 1.00 e. The predicted molar refractivity (Wildman–Crippen MR) is 45.7 cm³/mol. The summed E-state index contributed by atoms with van der Waals surface area (Å²) in [5, 5.41) is 3.40. The molecular weight excluding hydrogens is 239 g/mol. The molecule has 0 N–H and O–H groups in total. The van der Waals surface area contributed by atoms with Crippen LogP contribution in [0.15, 0.2) is 33.9 Å². The number of halogens is 1. The van der Waals surface area contributed by atoms with E-state index in [4.69, 9.17) is 11.6 Å². The Morgan fingerprint density at radius 3 is 2.36 bits per heavy atom. The number of rotatable bonds is 2. The van der Waals surface area contributed by atoms with E-state index in [1.165, 1.54) is 12.1 Å². The van der Waals surface area contributed by atoms with Crippen molar-refractivity contribution >= 4 is 27.6 Å². The van der Waals surface area contributed by atoms with Crippen molar-refractivity contribution in [1.82, 2.24) is 0 Å². The third-order valence-corrected chi connectivity index (χ3v) is 1.70. The largest absolute Gasteiger partial charge is 1.00 e. The Labute approximate surface area is 108 Å². The molecule has 0 saturated carbocycles. The van der Waals surface area contributed by atoms with E-state index in [9.17, 15) is 13.0 Å². The standard InChI is InChI=1S/C6H5ClN2O3S.Na/c7-5-3-1-2-4-6(5)8-9-13(10,11)12;/h1-4H,(H,10,11,12);/q;+1/p-1. The molecule has 0 spiro atoms. The monoisotopic (exact) mass is 242 g/mol. The van der Waals surface area contributed by atoms with Crippen molar-refractivity contribution in [3.63, 3.8) is 0 Å². The van der Waals surface area contributed by atoms with E-state index < -0.39 is 10.3 Å². The van der Waals surface area contributed by atoms with Crippen molar-refractivity contribution in [3.8, 4) is 0 Å². The van der Waals surface area contributed by atoms with Gasteiger partial charge in [-0.3, -0.25) is 0 Å². The Morgan fingerprint density at radius 1 is 1.29 bits per heavy atom. The minimum absolute atomic E-state index is 0. The van der Waals surface area contributed by atoms with Crippen molar-refractivity contribution in [2.24, 2.45) is 9.63 Å². The summed E-state index contributed by atoms with van der Waals surface area (Å²) >= 11 is 5.60. The van der Waals surface area contributed by atoms with Crippen LogP contribution in [-0.2, 0) is 10.3 Å². The Bertz CT molecular complexity index is 434. The van der Waals surface area contributed by atoms with Crippen molar-refractivity contribution in [3.05, 3.63) is 29.3 Å². The third kappa shape index (κ3) is 5.04. The first-order valence-electron chi connectivity index (χ1n) is 3.12. The zero-order valence-corrected chi connectivity index (χ0v) is 10.8. The second-order valence-electron chi connectivity index (χ2n) is 2.06. The number of benzene rings is 1. The van der Waals surface area contributed by atoms with Gasteiger partial charge in [0.05, 0.1) is 5.02 Å². The van der Waals surface area contributed by atoms with Crippen LogP contribution in [-0.4, -0.2) is 13.0 Å². The van der Waals surface area contributed by atoms with Crippen LogP contribution in [0, 0.1) is 0 Å². The quantitative estimate of drug-likeness (QED) is 0.375. The molecule has 1 aromatic rings. The summed E-state index contributed by atoms with van der Waals surface area (Å²) in [6.07, 6.45) is 0. The molecular formula is C6H4ClN2NaO3S. The van der Waals surface area contributed by atoms with Gasteiger partial charge in [-0.25, -0.2) is 8.42 Å². The van der Waals surface area contributed by atoms with Gasteiger partial charge in [-0.05, 0) is 12.1 Å². The van der Waals surface area contributed by atoms with E-state index in [1.54, 1.807) is 12.1 Å². The molecule has 0 aliphatic rings. The summed E-state index contributed by atoms with van der Waals surface area (Å²) in [5.41, 5.74) is 0.142. The molecule has 0 aliphatic heterocycles. The fourth-order valence-electron chi connectivity index (χ4n) is 0.627. The van der Waals surface area contributed by atoms with Crippen LogP contribution in [0.5, 0.6) is 0 Å². The summed E-state index contributed by atoms with van der Waals surface area (Å²) in [6.45, 7) is 0. The molecule has 0 fully saturated rings. The SMILES string of the molecule is O=S(=O)([O-])N=Nc1ccccc1Cl.[Na+]. The van der Waals surface area contributed by atoms with Gasteiger partial charge in [-0.1, -0.05) is 28.3 Å². The molecule has 0 bridgehead atoms. The summed E-state index contributed by atoms with van der Waals surface area (Å²) in [5.74, 6) is 0. The molecule has 0 heterocycles. The second kappa shape index (κ2) is 5.79. The van der Waals surface area contributed by atoms with Gasteiger partial charge >= 0.3 is 29.6 Å². The molecule has 70 valence electrons. The molecule has 0 aliphatic carbocycles. The van der Waals surface area contributed by atoms with Crippen LogP contribution in [0.2, 0.25) is 5.02 Å². The van der Waals surface area contributed by atoms with E-state index in [2.05, 4.69) is 9.63 Å². The van der Waals surface area contributed by atoms with Gasteiger partial charge in [0.2, 0.25) is 10.3 Å². The molecule has 0 amide bonds. The molecule has 1 aromatic carbocycles. The van der Waals surface area contributed by atoms with Crippen LogP contribution in [0.1, 0.15) is 0 Å². The number of hydrogen-bond acceptors (Lipinski definition) is 4. The Hall–Kier alpha value is 0.0200. The Kier molecular flexibility index (Phi) is 5.80. The van der Waals surface area contributed by atoms with Crippen molar-refractivity contribution in [1.29, 1.82) is 0 Å². The molecule has 14 heavy (non-hydrogen) atoms. The van der Waals surface area contributed by atoms with Crippen LogP contribution < -0.4 is 29.6 Å². The fraction of sp³-hybridized carbons (Fsp3) is 0. The first-order valence-corrected chi connectivity index (χ1v) is 4.87. The van der Waals surface area contributed by atoms with Gasteiger partial charge in [-0.2, -0.15) is 0 Å². The zero-order chi connectivity index (χ0) is 9.90. The summed E-state index contributed by atoms with van der Waals surface area (Å²) in [4.78, 5) is 0. The molecule has 0 aromatic heterocycles. The summed E-state index contributed by atoms with van der Waals surface area (Å²) in [7, 11) is -4.69. The summed E-state index contributed by atoms with van der Waals surface area (Å²) in [6, 6.07) is 6.19. The van der Waals surface area contributed by atoms with Crippen molar-refractivity contribution in [2.75, 3.05) is 0 Å². The third-order valence-electron chi connectivity index (χ3n) is 1.10. The van der Waals surface area contributed by atoms with Gasteiger partial charge < -0.3 is 4.55 Å². The van der Waals surface area contributed by atoms with E-state index in [1.807, 2.05) is 0 Å². The Balaban J connectivity index is 0.00000169. The van der Waals surface area contributed by atoms with Crippen LogP contribution >= 0.6 is 11.6 Å². The zero-order valence-electron chi connectivity index (χ0n) is 7.21. The van der Waals surface area contributed by atoms with Gasteiger partial charge in [0.25, 0.3) is 0 Å². The second-order valence-corrected chi connectivity index (χ2v) is 3.49. The van der Waals surface area contributed by atoms with Crippen LogP contribution in [0.3, 0.4) is 0 Å². The fourth-order valence-corrected chi connectivity index (χ4v) is 0.988. The number of nitrogens with zero attached hydrogens (tertiary/aromatic N) is 2. The molecule has 1 rings (SSSR count). The number of hydrogen-bond donors (Lipinski definition) is 0. The predicted octanol–water partition coefficient (Wildman–Crippen LogP) is -1.11. The molecule has 5 nitrogen and oxygen atoms in total. The van der Waals surface area contributed by atoms with Gasteiger partial charge in [0, 0.05) is 0 Å². The molecule has 0 radical (unpaired) electrons. The average molecular weight is 243 g/mol. The van der Waals surface area contributed by atoms with Gasteiger partial charge in [-0.15, -0.1) is 5.11 Å². The maximum atomic E-state index is 10.1. The van der Waals surface area contributed by atoms with E-state index >= 15 is 0 Å². The van der Waals surface area contributed by atoms with Crippen molar-refractivity contribution in [2.45, 2.75) is 0 Å². The molecule has 0 atom stereocenters. The van der Waals surface area contributed by atoms with Gasteiger partial charge in [0.1, 0.15) is 5.69 Å². The van der Waals surface area contributed by atoms with Crippen molar-refractivity contribution < 1.29 is 42.5 Å². The first-order chi connectivity index (χ1) is 5.99. The molecule has 8 heteroatoms. The van der Waals surface area contributed by atoms with E-state index in [0.717, 1.165) is 0 Å². The van der Waals surface area contributed by atoms with Crippen LogP contribution in [0.4, 0.5) is 5.69 Å². The van der Waals surface area contributed by atoms with Crippen LogP contribution in [0.25, 0.3) is 0 Å². The normalized spacial score (nSPS) is 11.3. The summed E-state index contributed by atoms with van der Waals surface area (Å²) < 4.78 is 32.7. The Morgan fingerprint density at radius 2 is 1.86 bits per heavy atom. The van der Waals surface area contributed by atoms with E-state index in [0.29, 0.717) is 0 Å². The van der Waals surface area contributed by atoms with Gasteiger partial charge in [0.15, 0.2) is 0 Å². The maximum absolute atomic E-state index is 10.1. The molecule has 0 saturated heterocycles. The minimum atomic E-state index is -4.69. The van der Waals surface area contributed by atoms with E-state index in [-0.39, 0.29) is 40.3 Å². The smallest absolute Gasteiger partial charge is 0.728 e.